The molecule has 0 spiro atoms. The average molecular weight is 286 g/mol. The highest BCUT2D eigenvalue weighted by Gasteiger charge is 2.39. The van der Waals surface area contributed by atoms with E-state index in [2.05, 4.69) is 31.1 Å². The van der Waals surface area contributed by atoms with E-state index in [0.717, 1.165) is 25.8 Å². The zero-order chi connectivity index (χ0) is 11.5. The Morgan fingerprint density at radius 2 is 1.94 bits per heavy atom. The van der Waals surface area contributed by atoms with Crippen LogP contribution in [0.1, 0.15) is 33.1 Å². The molecular weight excluding hydrogens is 261 g/mol. The number of nitrogens with two attached hydrogens (primary N) is 1. The lowest BCUT2D eigenvalue weighted by Crippen LogP contribution is -2.59. The van der Waals surface area contributed by atoms with Crippen LogP contribution in [0, 0.1) is 0 Å². The van der Waals surface area contributed by atoms with E-state index in [1.165, 1.54) is 0 Å². The van der Waals surface area contributed by atoms with Crippen molar-refractivity contribution in [3.05, 3.63) is 0 Å². The highest BCUT2D eigenvalue weighted by molar-refractivity contribution is 5.87. The van der Waals surface area contributed by atoms with Gasteiger partial charge in [0.15, 0.2) is 0 Å². The Kier molecular flexibility index (Phi) is 9.25. The summed E-state index contributed by atoms with van der Waals surface area (Å²) in [5.74, 6) is 0.0194. The van der Waals surface area contributed by atoms with Crippen molar-refractivity contribution in [3.8, 4) is 0 Å². The second-order valence-corrected chi connectivity index (χ2v) is 4.84. The molecule has 1 amide bonds. The van der Waals surface area contributed by atoms with Crippen molar-refractivity contribution in [2.75, 3.05) is 20.1 Å². The van der Waals surface area contributed by atoms with Crippen LogP contribution in [0.25, 0.3) is 0 Å². The number of carbonyl (C=O) groups is 1. The molecule has 0 atom stereocenters. The molecule has 1 rings (SSSR count). The number of nitrogens with one attached hydrogen (secondary N) is 1. The number of halogens is 2. The standard InChI is InChI=1S/C11H23N3O.2ClH/c1-9(2)14(3)8-7-13-10(15)11(12)5-4-6-11;;/h9H,4-8,12H2,1-3H3,(H,13,15);2*1H. The predicted molar refractivity (Wildman–Crippen MR) is 76.0 cm³/mol. The molecular formula is C11H25Cl2N3O. The average Bonchev–Trinajstić information content (AvgIpc) is 2.13. The Labute approximate surface area is 117 Å². The minimum atomic E-state index is -0.559. The van der Waals surface area contributed by atoms with E-state index < -0.39 is 5.54 Å². The summed E-state index contributed by atoms with van der Waals surface area (Å²) in [5.41, 5.74) is 5.34. The summed E-state index contributed by atoms with van der Waals surface area (Å²) >= 11 is 0. The van der Waals surface area contributed by atoms with Crippen molar-refractivity contribution in [3.63, 3.8) is 0 Å². The summed E-state index contributed by atoms with van der Waals surface area (Å²) in [6.07, 6.45) is 2.74. The van der Waals surface area contributed by atoms with Crippen LogP contribution in [0.15, 0.2) is 0 Å². The van der Waals surface area contributed by atoms with Gasteiger partial charge in [0.2, 0.25) is 5.91 Å². The van der Waals surface area contributed by atoms with Crippen LogP contribution < -0.4 is 11.1 Å². The van der Waals surface area contributed by atoms with Crippen LogP contribution in [0.5, 0.6) is 0 Å². The van der Waals surface area contributed by atoms with Gasteiger partial charge in [-0.3, -0.25) is 4.79 Å². The Morgan fingerprint density at radius 3 is 2.29 bits per heavy atom. The second-order valence-electron chi connectivity index (χ2n) is 4.84. The van der Waals surface area contributed by atoms with Crippen LogP contribution in [0.3, 0.4) is 0 Å². The summed E-state index contributed by atoms with van der Waals surface area (Å²) in [6.45, 7) is 5.84. The van der Waals surface area contributed by atoms with Gasteiger partial charge in [0.05, 0.1) is 5.54 Å². The zero-order valence-electron chi connectivity index (χ0n) is 10.9. The third-order valence-electron chi connectivity index (χ3n) is 3.33. The van der Waals surface area contributed by atoms with Crippen molar-refractivity contribution in [2.45, 2.75) is 44.7 Å². The number of hydrogen-bond donors (Lipinski definition) is 2. The van der Waals surface area contributed by atoms with E-state index in [1.807, 2.05) is 0 Å². The third kappa shape index (κ3) is 5.42. The maximum atomic E-state index is 11.6. The molecule has 1 fully saturated rings. The molecule has 4 nitrogen and oxygen atoms in total. The van der Waals surface area contributed by atoms with Crippen molar-refractivity contribution in [1.29, 1.82) is 0 Å². The van der Waals surface area contributed by atoms with Gasteiger partial charge in [-0.2, -0.15) is 0 Å². The maximum Gasteiger partial charge on any atom is 0.240 e. The van der Waals surface area contributed by atoms with E-state index in [1.54, 1.807) is 0 Å². The lowest BCUT2D eigenvalue weighted by atomic mass is 9.77. The van der Waals surface area contributed by atoms with Crippen molar-refractivity contribution in [1.82, 2.24) is 10.2 Å². The summed E-state index contributed by atoms with van der Waals surface area (Å²) < 4.78 is 0. The first kappa shape index (κ1) is 19.3. The molecule has 3 N–H and O–H groups in total. The highest BCUT2D eigenvalue weighted by Crippen LogP contribution is 2.28. The number of carbonyl (C=O) groups excluding carboxylic acids is 1. The van der Waals surface area contributed by atoms with Gasteiger partial charge < -0.3 is 16.0 Å². The molecule has 0 radical (unpaired) electrons. The predicted octanol–water partition coefficient (Wildman–Crippen LogP) is 1.17. The van der Waals surface area contributed by atoms with Crippen LogP contribution in [-0.4, -0.2) is 42.5 Å². The summed E-state index contributed by atoms with van der Waals surface area (Å²) in [7, 11) is 2.05. The highest BCUT2D eigenvalue weighted by atomic mass is 35.5. The molecule has 0 aromatic carbocycles. The summed E-state index contributed by atoms with van der Waals surface area (Å²) in [6, 6.07) is 0.512. The minimum Gasteiger partial charge on any atom is -0.353 e. The monoisotopic (exact) mass is 285 g/mol. The molecule has 0 heterocycles. The Balaban J connectivity index is 0. The molecule has 1 aliphatic rings. The van der Waals surface area contributed by atoms with Crippen LogP contribution in [-0.2, 0) is 4.79 Å². The first-order valence-corrected chi connectivity index (χ1v) is 5.73. The lowest BCUT2D eigenvalue weighted by molar-refractivity contribution is -0.129. The lowest BCUT2D eigenvalue weighted by Gasteiger charge is -2.36. The van der Waals surface area contributed by atoms with Gasteiger partial charge in [0.1, 0.15) is 0 Å². The van der Waals surface area contributed by atoms with Gasteiger partial charge in [-0.05, 0) is 40.2 Å². The molecule has 6 heteroatoms. The molecule has 0 bridgehead atoms. The van der Waals surface area contributed by atoms with Crippen molar-refractivity contribution >= 4 is 30.7 Å². The number of rotatable bonds is 5. The van der Waals surface area contributed by atoms with E-state index in [-0.39, 0.29) is 30.7 Å². The van der Waals surface area contributed by atoms with Crippen molar-refractivity contribution < 1.29 is 4.79 Å². The number of hydrogen-bond acceptors (Lipinski definition) is 3. The van der Waals surface area contributed by atoms with Gasteiger partial charge in [-0.15, -0.1) is 24.8 Å². The van der Waals surface area contributed by atoms with Crippen LogP contribution >= 0.6 is 24.8 Å². The molecule has 0 unspecified atom stereocenters. The molecule has 17 heavy (non-hydrogen) atoms. The fraction of sp³-hybridized carbons (Fsp3) is 0.909. The van der Waals surface area contributed by atoms with E-state index in [4.69, 9.17) is 5.73 Å². The fourth-order valence-electron chi connectivity index (χ4n) is 1.56. The second kappa shape index (κ2) is 8.14. The molecule has 1 saturated carbocycles. The number of amides is 1. The minimum absolute atomic E-state index is 0. The summed E-state index contributed by atoms with van der Waals surface area (Å²) in [5, 5.41) is 2.91. The van der Waals surface area contributed by atoms with E-state index in [0.29, 0.717) is 12.6 Å². The number of likely N-dealkylation sites (N-methyl/N-ethyl adjacent to an activating group) is 1. The SMILES string of the molecule is CC(C)N(C)CCNC(=O)C1(N)CCC1.Cl.Cl. The van der Waals surface area contributed by atoms with Gasteiger partial charge >= 0.3 is 0 Å². The van der Waals surface area contributed by atoms with Crippen LogP contribution in [0.4, 0.5) is 0 Å². The largest absolute Gasteiger partial charge is 0.353 e. The molecule has 0 saturated heterocycles. The molecule has 0 aliphatic heterocycles. The maximum absolute atomic E-state index is 11.6. The number of nitrogens with zero attached hydrogens (tertiary/aromatic N) is 1. The first-order valence-electron chi connectivity index (χ1n) is 5.73. The Hall–Kier alpha value is -0.0300. The quantitative estimate of drug-likeness (QED) is 0.797. The Morgan fingerprint density at radius 1 is 1.41 bits per heavy atom. The smallest absolute Gasteiger partial charge is 0.240 e. The molecule has 0 aromatic heterocycles. The third-order valence-corrected chi connectivity index (χ3v) is 3.33. The van der Waals surface area contributed by atoms with E-state index >= 15 is 0 Å². The van der Waals surface area contributed by atoms with Gasteiger partial charge in [0, 0.05) is 19.1 Å². The normalized spacial score (nSPS) is 16.8. The molecule has 1 aliphatic carbocycles. The van der Waals surface area contributed by atoms with E-state index in [9.17, 15) is 4.79 Å². The fourth-order valence-corrected chi connectivity index (χ4v) is 1.56. The van der Waals surface area contributed by atoms with Crippen molar-refractivity contribution in [2.24, 2.45) is 5.73 Å². The van der Waals surface area contributed by atoms with Gasteiger partial charge in [-0.25, -0.2) is 0 Å². The topological polar surface area (TPSA) is 58.4 Å². The van der Waals surface area contributed by atoms with Gasteiger partial charge in [-0.1, -0.05) is 0 Å². The zero-order valence-corrected chi connectivity index (χ0v) is 12.5. The summed E-state index contributed by atoms with van der Waals surface area (Å²) in [4.78, 5) is 13.8. The Bertz CT molecular complexity index is 233. The molecule has 0 aromatic rings. The van der Waals surface area contributed by atoms with Crippen LogP contribution in [0.2, 0.25) is 0 Å². The molecule has 104 valence electrons. The van der Waals surface area contributed by atoms with Gasteiger partial charge in [0.25, 0.3) is 0 Å². The first-order chi connectivity index (χ1) is 6.96.